The molecule has 1 heterocycles. The minimum atomic E-state index is -1.08. The van der Waals surface area contributed by atoms with Gasteiger partial charge in [-0.1, -0.05) is 43.1 Å². The molecule has 7 nitrogen and oxygen atoms in total. The van der Waals surface area contributed by atoms with Gasteiger partial charge in [-0.2, -0.15) is 0 Å². The first-order chi connectivity index (χ1) is 22.6. The fourth-order valence-electron chi connectivity index (χ4n) is 8.45. The first-order valence-corrected chi connectivity index (χ1v) is 17.7. The molecule has 0 amide bonds. The van der Waals surface area contributed by atoms with Crippen molar-refractivity contribution in [3.05, 3.63) is 81.1 Å². The molecule has 0 unspecified atom stereocenters. The van der Waals surface area contributed by atoms with E-state index in [4.69, 9.17) is 37.4 Å². The molecule has 0 aliphatic heterocycles. The van der Waals surface area contributed by atoms with Crippen LogP contribution < -0.4 is 14.8 Å². The van der Waals surface area contributed by atoms with Gasteiger partial charge in [-0.25, -0.2) is 4.79 Å². The number of hydrogen-bond donors (Lipinski definition) is 2. The monoisotopic (exact) mass is 680 g/mol. The van der Waals surface area contributed by atoms with Gasteiger partial charge in [0.15, 0.2) is 0 Å². The number of ether oxygens (including phenoxy) is 3. The topological polar surface area (TPSA) is 89.9 Å². The summed E-state index contributed by atoms with van der Waals surface area (Å²) >= 11 is 13.0. The molecule has 3 aromatic rings. The third-order valence-electron chi connectivity index (χ3n) is 10.9. The zero-order valence-corrected chi connectivity index (χ0v) is 29.1. The highest BCUT2D eigenvalue weighted by atomic mass is 35.5. The summed E-state index contributed by atoms with van der Waals surface area (Å²) in [5.41, 5.74) is 4.36. The Balaban J connectivity index is 1.25. The van der Waals surface area contributed by atoms with Gasteiger partial charge < -0.3 is 24.6 Å². The Morgan fingerprint density at radius 2 is 1.89 bits per heavy atom. The van der Waals surface area contributed by atoms with Crippen LogP contribution >= 0.6 is 23.2 Å². The number of pyridine rings is 1. The van der Waals surface area contributed by atoms with Crippen LogP contribution in [0, 0.1) is 11.8 Å². The van der Waals surface area contributed by atoms with Gasteiger partial charge in [0.1, 0.15) is 23.6 Å². The van der Waals surface area contributed by atoms with E-state index in [0.29, 0.717) is 60.3 Å². The lowest BCUT2D eigenvalue weighted by Crippen LogP contribution is -2.53. The molecule has 6 rings (SSSR count). The summed E-state index contributed by atoms with van der Waals surface area (Å²) in [5, 5.41) is 15.1. The zero-order valence-electron chi connectivity index (χ0n) is 27.6. The number of fused-ring (bicyclic) bond motifs is 3. The second kappa shape index (κ2) is 14.2. The van der Waals surface area contributed by atoms with Crippen molar-refractivity contribution in [2.45, 2.75) is 88.5 Å². The molecular weight excluding hydrogens is 635 g/mol. The number of benzene rings is 2. The third-order valence-corrected chi connectivity index (χ3v) is 11.4. The summed E-state index contributed by atoms with van der Waals surface area (Å²) in [6.45, 7) is 6.03. The van der Waals surface area contributed by atoms with E-state index < -0.39 is 11.5 Å². The molecule has 47 heavy (non-hydrogen) atoms. The molecule has 1 fully saturated rings. The van der Waals surface area contributed by atoms with E-state index >= 15 is 0 Å². The number of aliphatic carboxylic acids is 1. The number of aryl methyl sites for hydroxylation is 1. The maximum atomic E-state index is 12.9. The fourth-order valence-corrected chi connectivity index (χ4v) is 8.88. The van der Waals surface area contributed by atoms with E-state index in [9.17, 15) is 9.90 Å². The minimum Gasteiger partial charge on any atom is -0.493 e. The fraction of sp³-hybridized carbons (Fsp3) is 0.526. The number of anilines is 1. The smallest absolute Gasteiger partial charge is 0.329 e. The van der Waals surface area contributed by atoms with E-state index in [-0.39, 0.29) is 11.3 Å². The number of hydrogen-bond acceptors (Lipinski definition) is 6. The van der Waals surface area contributed by atoms with E-state index in [1.54, 1.807) is 19.2 Å². The van der Waals surface area contributed by atoms with Crippen molar-refractivity contribution >= 4 is 34.9 Å². The lowest BCUT2D eigenvalue weighted by atomic mass is 9.59. The molecular formula is C38H46Cl2N2O5. The normalized spacial score (nSPS) is 25.6. The summed E-state index contributed by atoms with van der Waals surface area (Å²) in [5.74, 6) is 1.84. The van der Waals surface area contributed by atoms with Gasteiger partial charge in [0, 0.05) is 35.3 Å². The molecule has 252 valence electrons. The average Bonchev–Trinajstić information content (AvgIpc) is 3.32. The van der Waals surface area contributed by atoms with Crippen molar-refractivity contribution in [1.82, 2.24) is 4.98 Å². The van der Waals surface area contributed by atoms with Crippen molar-refractivity contribution in [1.29, 1.82) is 0 Å². The Bertz CT molecular complexity index is 1590. The molecule has 9 heteroatoms. The van der Waals surface area contributed by atoms with Crippen LogP contribution in [0.15, 0.2) is 48.7 Å². The van der Waals surface area contributed by atoms with Gasteiger partial charge in [0.25, 0.3) is 0 Å². The quantitative estimate of drug-likeness (QED) is 0.185. The number of carboxylic acid groups (broad SMARTS) is 1. The number of carbonyl (C=O) groups is 1. The van der Waals surface area contributed by atoms with Gasteiger partial charge in [0.05, 0.1) is 18.2 Å². The Labute approximate surface area is 288 Å². The molecule has 2 N–H and O–H groups in total. The number of aromatic nitrogens is 1. The van der Waals surface area contributed by atoms with Crippen LogP contribution in [-0.4, -0.2) is 48.5 Å². The molecule has 0 bridgehead atoms. The number of methoxy groups -OCH3 is 1. The first-order valence-electron chi connectivity index (χ1n) is 17.0. The Morgan fingerprint density at radius 3 is 2.64 bits per heavy atom. The Hall–Kier alpha value is -3.00. The highest BCUT2D eigenvalue weighted by Crippen LogP contribution is 2.57. The van der Waals surface area contributed by atoms with Crippen molar-refractivity contribution in [2.75, 3.05) is 32.2 Å². The van der Waals surface area contributed by atoms with Gasteiger partial charge in [-0.15, -0.1) is 0 Å². The summed E-state index contributed by atoms with van der Waals surface area (Å²) in [6, 6.07) is 13.5. The van der Waals surface area contributed by atoms with Crippen molar-refractivity contribution in [3.8, 4) is 11.5 Å². The largest absolute Gasteiger partial charge is 0.493 e. The highest BCUT2D eigenvalue weighted by molar-refractivity contribution is 6.32. The average molecular weight is 682 g/mol. The molecule has 3 atom stereocenters. The van der Waals surface area contributed by atoms with Crippen molar-refractivity contribution in [3.63, 3.8) is 0 Å². The Morgan fingerprint density at radius 1 is 1.09 bits per heavy atom. The molecule has 1 spiro atoms. The molecule has 3 aliphatic rings. The van der Waals surface area contributed by atoms with Crippen LogP contribution in [0.25, 0.3) is 0 Å². The lowest BCUT2D eigenvalue weighted by Gasteiger charge is -2.47. The predicted molar refractivity (Wildman–Crippen MR) is 186 cm³/mol. The minimum absolute atomic E-state index is 0.202. The van der Waals surface area contributed by atoms with E-state index in [0.717, 1.165) is 50.0 Å². The first kappa shape index (κ1) is 33.9. The van der Waals surface area contributed by atoms with Crippen LogP contribution in [0.1, 0.15) is 87.1 Å². The molecule has 2 aromatic carbocycles. The standard InChI is InChI=1S/C38H46Cl2N2O5/c1-24(23-47-33-10-15-41-32-9-4-6-25(2)35(32)33)18-27-19-26-20-31(40)34(46-17-16-45-3)22-30(26)37(27)11-13-38(14-12-37,36(43)44)42-29-8-5-7-28(39)21-29/h5,7-8,10,15,20-22,24-25,27,42H,4,6,9,11-14,16-19,23H2,1-3H3,(H,43,44)/t24-,25-,27+,37?,38?/m1/s1. The Kier molecular flexibility index (Phi) is 10.3. The van der Waals surface area contributed by atoms with Gasteiger partial charge in [0.2, 0.25) is 0 Å². The van der Waals surface area contributed by atoms with Gasteiger partial charge in [-0.3, -0.25) is 4.98 Å². The van der Waals surface area contributed by atoms with Crippen molar-refractivity contribution in [2.24, 2.45) is 11.8 Å². The molecule has 0 saturated heterocycles. The highest BCUT2D eigenvalue weighted by Gasteiger charge is 2.54. The summed E-state index contributed by atoms with van der Waals surface area (Å²) in [4.78, 5) is 17.5. The second-order valence-corrected chi connectivity index (χ2v) is 14.8. The summed E-state index contributed by atoms with van der Waals surface area (Å²) in [6.07, 6.45) is 9.50. The number of nitrogens with zero attached hydrogens (tertiary/aromatic N) is 1. The third kappa shape index (κ3) is 6.95. The van der Waals surface area contributed by atoms with E-state index in [2.05, 4.69) is 36.3 Å². The predicted octanol–water partition coefficient (Wildman–Crippen LogP) is 8.88. The van der Waals surface area contributed by atoms with Crippen LogP contribution in [0.5, 0.6) is 11.5 Å². The maximum absolute atomic E-state index is 12.9. The molecule has 1 aromatic heterocycles. The van der Waals surface area contributed by atoms with Crippen LogP contribution in [-0.2, 0) is 27.8 Å². The lowest BCUT2D eigenvalue weighted by molar-refractivity contribution is -0.144. The number of nitrogens with one attached hydrogen (secondary N) is 1. The van der Waals surface area contributed by atoms with Crippen LogP contribution in [0.4, 0.5) is 5.69 Å². The van der Waals surface area contributed by atoms with Crippen LogP contribution in [0.3, 0.4) is 0 Å². The number of rotatable bonds is 12. The van der Waals surface area contributed by atoms with Crippen LogP contribution in [0.2, 0.25) is 10.0 Å². The number of carboxylic acids is 1. The molecule has 0 radical (unpaired) electrons. The maximum Gasteiger partial charge on any atom is 0.329 e. The van der Waals surface area contributed by atoms with Crippen molar-refractivity contribution < 1.29 is 24.1 Å². The zero-order chi connectivity index (χ0) is 33.2. The SMILES string of the molecule is COCCOc1cc2c(cc1Cl)C[C@H](C[C@@H](C)COc1ccnc3c1[C@H](C)CCC3)C21CCC(Nc2cccc(Cl)c2)(C(=O)O)CC1. The van der Waals surface area contributed by atoms with Gasteiger partial charge >= 0.3 is 5.97 Å². The summed E-state index contributed by atoms with van der Waals surface area (Å²) < 4.78 is 17.8. The van der Waals surface area contributed by atoms with Gasteiger partial charge in [-0.05, 0) is 128 Å². The molecule has 3 aliphatic carbocycles. The summed E-state index contributed by atoms with van der Waals surface area (Å²) in [7, 11) is 1.65. The molecule has 1 saturated carbocycles. The second-order valence-electron chi connectivity index (χ2n) is 14.0. The van der Waals surface area contributed by atoms with E-state index in [1.165, 1.54) is 28.8 Å². The number of halogens is 2. The van der Waals surface area contributed by atoms with E-state index in [1.807, 2.05) is 24.4 Å².